The number of carbonyl (C=O) groups excluding carboxylic acids is 1. The first-order chi connectivity index (χ1) is 11.6. The van der Waals surface area contributed by atoms with Crippen LogP contribution >= 0.6 is 0 Å². The number of nitrogens with one attached hydrogen (secondary N) is 1. The van der Waals surface area contributed by atoms with E-state index in [4.69, 9.17) is 4.74 Å². The predicted molar refractivity (Wildman–Crippen MR) is 92.8 cm³/mol. The van der Waals surface area contributed by atoms with Gasteiger partial charge in [-0.05, 0) is 50.6 Å². The zero-order valence-corrected chi connectivity index (χ0v) is 14.5. The SMILES string of the molecule is CN[C@H]1CCCN(C(=O)c2ccn(-c3cc(C)ccc3OC)n2)C1. The summed E-state index contributed by atoms with van der Waals surface area (Å²) in [6.07, 6.45) is 3.93. The van der Waals surface area contributed by atoms with Gasteiger partial charge in [-0.15, -0.1) is 0 Å². The Bertz CT molecular complexity index is 726. The molecule has 1 N–H and O–H groups in total. The largest absolute Gasteiger partial charge is 0.494 e. The standard InChI is InChI=1S/C18H24N4O2/c1-13-6-7-17(24-3)16(11-13)22-10-8-15(20-22)18(23)21-9-4-5-14(12-21)19-2/h6-8,10-11,14,19H,4-5,9,12H2,1-3H3/t14-/m0/s1. The van der Waals surface area contributed by atoms with Crippen molar-refractivity contribution in [2.24, 2.45) is 0 Å². The molecule has 3 rings (SSSR count). The summed E-state index contributed by atoms with van der Waals surface area (Å²) in [4.78, 5) is 14.6. The molecule has 6 nitrogen and oxygen atoms in total. The fourth-order valence-corrected chi connectivity index (χ4v) is 3.11. The number of amides is 1. The van der Waals surface area contributed by atoms with Gasteiger partial charge in [0.25, 0.3) is 5.91 Å². The minimum absolute atomic E-state index is 0.0136. The van der Waals surface area contributed by atoms with Gasteiger partial charge < -0.3 is 15.0 Å². The summed E-state index contributed by atoms with van der Waals surface area (Å²) in [6.45, 7) is 3.54. The smallest absolute Gasteiger partial charge is 0.274 e. The van der Waals surface area contributed by atoms with Crippen molar-refractivity contribution in [2.75, 3.05) is 27.2 Å². The maximum absolute atomic E-state index is 12.7. The van der Waals surface area contributed by atoms with Crippen molar-refractivity contribution in [3.05, 3.63) is 41.7 Å². The lowest BCUT2D eigenvalue weighted by atomic mass is 10.1. The molecule has 0 saturated carbocycles. The third-order valence-corrected chi connectivity index (χ3v) is 4.51. The molecule has 1 fully saturated rings. The minimum Gasteiger partial charge on any atom is -0.494 e. The van der Waals surface area contributed by atoms with Crippen molar-refractivity contribution < 1.29 is 9.53 Å². The summed E-state index contributed by atoms with van der Waals surface area (Å²) in [7, 11) is 3.58. The van der Waals surface area contributed by atoms with Crippen LogP contribution in [0.2, 0.25) is 0 Å². The Kier molecular flexibility index (Phi) is 4.85. The van der Waals surface area contributed by atoms with Gasteiger partial charge in [0.2, 0.25) is 0 Å². The molecule has 1 amide bonds. The van der Waals surface area contributed by atoms with Crippen LogP contribution in [0.15, 0.2) is 30.5 Å². The van der Waals surface area contributed by atoms with E-state index in [-0.39, 0.29) is 5.91 Å². The number of aromatic nitrogens is 2. The van der Waals surface area contributed by atoms with Crippen molar-refractivity contribution in [1.82, 2.24) is 20.0 Å². The van der Waals surface area contributed by atoms with Crippen molar-refractivity contribution >= 4 is 5.91 Å². The number of likely N-dealkylation sites (N-methyl/N-ethyl adjacent to an activating group) is 1. The molecule has 0 spiro atoms. The van der Waals surface area contributed by atoms with Gasteiger partial charge in [0, 0.05) is 25.3 Å². The number of hydrogen-bond donors (Lipinski definition) is 1. The van der Waals surface area contributed by atoms with Crippen molar-refractivity contribution in [1.29, 1.82) is 0 Å². The molecule has 1 atom stereocenters. The highest BCUT2D eigenvalue weighted by Gasteiger charge is 2.25. The first-order valence-electron chi connectivity index (χ1n) is 8.29. The van der Waals surface area contributed by atoms with Crippen LogP contribution in [0.5, 0.6) is 5.75 Å². The Morgan fingerprint density at radius 3 is 2.96 bits per heavy atom. The highest BCUT2D eigenvalue weighted by molar-refractivity contribution is 5.92. The molecule has 2 heterocycles. The molecule has 1 saturated heterocycles. The quantitative estimate of drug-likeness (QED) is 0.933. The number of methoxy groups -OCH3 is 1. The third-order valence-electron chi connectivity index (χ3n) is 4.51. The number of rotatable bonds is 4. The van der Waals surface area contributed by atoms with Gasteiger partial charge in [-0.3, -0.25) is 4.79 Å². The van der Waals surface area contributed by atoms with Crippen LogP contribution in [0.1, 0.15) is 28.9 Å². The number of ether oxygens (including phenoxy) is 1. The van der Waals surface area contributed by atoms with Gasteiger partial charge in [-0.1, -0.05) is 6.07 Å². The first-order valence-corrected chi connectivity index (χ1v) is 8.29. The number of likely N-dealkylation sites (tertiary alicyclic amines) is 1. The van der Waals surface area contributed by atoms with E-state index in [1.807, 2.05) is 43.3 Å². The van der Waals surface area contributed by atoms with E-state index < -0.39 is 0 Å². The van der Waals surface area contributed by atoms with Crippen molar-refractivity contribution in [2.45, 2.75) is 25.8 Å². The maximum atomic E-state index is 12.7. The normalized spacial score (nSPS) is 17.8. The molecule has 0 bridgehead atoms. The molecule has 6 heteroatoms. The molecule has 0 radical (unpaired) electrons. The molecule has 24 heavy (non-hydrogen) atoms. The maximum Gasteiger partial charge on any atom is 0.274 e. The summed E-state index contributed by atoms with van der Waals surface area (Å²) < 4.78 is 7.11. The molecule has 0 aliphatic carbocycles. The van der Waals surface area contributed by atoms with E-state index in [1.54, 1.807) is 17.9 Å². The lowest BCUT2D eigenvalue weighted by molar-refractivity contribution is 0.0691. The number of nitrogens with zero attached hydrogens (tertiary/aromatic N) is 3. The average Bonchev–Trinajstić information content (AvgIpc) is 3.11. The molecule has 1 aliphatic heterocycles. The molecule has 0 unspecified atom stereocenters. The number of carbonyl (C=O) groups is 1. The van der Waals surface area contributed by atoms with E-state index in [0.717, 1.165) is 42.9 Å². The van der Waals surface area contributed by atoms with E-state index in [0.29, 0.717) is 11.7 Å². The van der Waals surface area contributed by atoms with E-state index in [2.05, 4.69) is 10.4 Å². The third kappa shape index (κ3) is 3.28. The van der Waals surface area contributed by atoms with Gasteiger partial charge in [0.05, 0.1) is 7.11 Å². The molecular weight excluding hydrogens is 304 g/mol. The van der Waals surface area contributed by atoms with Gasteiger partial charge >= 0.3 is 0 Å². The first kappa shape index (κ1) is 16.5. The molecule has 1 aromatic heterocycles. The van der Waals surface area contributed by atoms with E-state index in [9.17, 15) is 4.79 Å². The topological polar surface area (TPSA) is 59.4 Å². The van der Waals surface area contributed by atoms with Crippen LogP contribution in [-0.4, -0.2) is 53.9 Å². The Morgan fingerprint density at radius 2 is 2.21 bits per heavy atom. The van der Waals surface area contributed by atoms with Crippen LogP contribution in [0.3, 0.4) is 0 Å². The molecule has 2 aromatic rings. The second-order valence-electron chi connectivity index (χ2n) is 6.20. The average molecular weight is 328 g/mol. The number of aryl methyl sites for hydroxylation is 1. The lowest BCUT2D eigenvalue weighted by Gasteiger charge is -2.32. The fraction of sp³-hybridized carbons (Fsp3) is 0.444. The Hall–Kier alpha value is -2.34. The summed E-state index contributed by atoms with van der Waals surface area (Å²) in [5, 5.41) is 7.74. The molecule has 1 aliphatic rings. The second-order valence-corrected chi connectivity index (χ2v) is 6.20. The van der Waals surface area contributed by atoms with Gasteiger partial charge in [-0.2, -0.15) is 5.10 Å². The zero-order valence-electron chi connectivity index (χ0n) is 14.5. The fourth-order valence-electron chi connectivity index (χ4n) is 3.11. The van der Waals surface area contributed by atoms with Crippen LogP contribution in [0, 0.1) is 6.92 Å². The number of piperidine rings is 1. The highest BCUT2D eigenvalue weighted by atomic mass is 16.5. The summed E-state index contributed by atoms with van der Waals surface area (Å²) in [6, 6.07) is 8.03. The van der Waals surface area contributed by atoms with E-state index >= 15 is 0 Å². The number of hydrogen-bond acceptors (Lipinski definition) is 4. The van der Waals surface area contributed by atoms with Crippen molar-refractivity contribution in [3.8, 4) is 11.4 Å². The molecular formula is C18H24N4O2. The van der Waals surface area contributed by atoms with Crippen LogP contribution < -0.4 is 10.1 Å². The summed E-state index contributed by atoms with van der Waals surface area (Å²) in [5.74, 6) is 0.719. The zero-order chi connectivity index (χ0) is 17.1. The van der Waals surface area contributed by atoms with Gasteiger partial charge in [0.15, 0.2) is 5.69 Å². The van der Waals surface area contributed by atoms with Gasteiger partial charge in [-0.25, -0.2) is 4.68 Å². The van der Waals surface area contributed by atoms with Crippen molar-refractivity contribution in [3.63, 3.8) is 0 Å². The Balaban J connectivity index is 1.83. The highest BCUT2D eigenvalue weighted by Crippen LogP contribution is 2.24. The van der Waals surface area contributed by atoms with E-state index in [1.165, 1.54) is 0 Å². The monoisotopic (exact) mass is 328 g/mol. The Labute approximate surface area is 142 Å². The lowest BCUT2D eigenvalue weighted by Crippen LogP contribution is -2.47. The van der Waals surface area contributed by atoms with Crippen LogP contribution in [0.4, 0.5) is 0 Å². The predicted octanol–water partition coefficient (Wildman–Crippen LogP) is 2.01. The Morgan fingerprint density at radius 1 is 1.38 bits per heavy atom. The van der Waals surface area contributed by atoms with Crippen LogP contribution in [-0.2, 0) is 0 Å². The number of benzene rings is 1. The minimum atomic E-state index is -0.0136. The molecule has 128 valence electrons. The molecule has 1 aromatic carbocycles. The second kappa shape index (κ2) is 7.05. The van der Waals surface area contributed by atoms with Crippen LogP contribution in [0.25, 0.3) is 5.69 Å². The summed E-state index contributed by atoms with van der Waals surface area (Å²) in [5.41, 5.74) is 2.42. The summed E-state index contributed by atoms with van der Waals surface area (Å²) >= 11 is 0. The van der Waals surface area contributed by atoms with Gasteiger partial charge in [0.1, 0.15) is 11.4 Å².